The molecular weight excluding hydrogens is 411 g/mol. The molecule has 2 aromatic carbocycles. The highest BCUT2D eigenvalue weighted by Crippen LogP contribution is 2.28. The van der Waals surface area contributed by atoms with Crippen LogP contribution >= 0.6 is 34.2 Å². The Balaban J connectivity index is 2.27. The number of carbonyl (C=O) groups excluding carboxylic acids is 1. The number of nitro benzene ring substituents is 1. The molecule has 0 aliphatic heterocycles. The molecule has 2 aromatic rings. The van der Waals surface area contributed by atoms with E-state index in [1.165, 1.54) is 24.3 Å². The van der Waals surface area contributed by atoms with Crippen LogP contribution in [0.5, 0.6) is 5.75 Å². The lowest BCUT2D eigenvalue weighted by Gasteiger charge is -2.08. The second kappa shape index (κ2) is 6.27. The van der Waals surface area contributed by atoms with Gasteiger partial charge in [-0.2, -0.15) is 0 Å². The highest BCUT2D eigenvalue weighted by atomic mass is 127. The van der Waals surface area contributed by atoms with Gasteiger partial charge >= 0.3 is 0 Å². The highest BCUT2D eigenvalue weighted by Gasteiger charge is 2.15. The van der Waals surface area contributed by atoms with Crippen LogP contribution in [0.3, 0.4) is 0 Å². The number of carbonyl (C=O) groups is 1. The number of halogens is 2. The van der Waals surface area contributed by atoms with E-state index in [1.54, 1.807) is 6.07 Å². The molecule has 0 atom stereocenters. The summed E-state index contributed by atoms with van der Waals surface area (Å²) in [5, 5.41) is 22.8. The van der Waals surface area contributed by atoms with Crippen molar-refractivity contribution >= 4 is 51.5 Å². The monoisotopic (exact) mass is 418 g/mol. The van der Waals surface area contributed by atoms with Crippen LogP contribution in [-0.2, 0) is 0 Å². The van der Waals surface area contributed by atoms with Gasteiger partial charge < -0.3 is 10.4 Å². The van der Waals surface area contributed by atoms with Crippen LogP contribution in [0.4, 0.5) is 11.4 Å². The maximum Gasteiger partial charge on any atom is 0.271 e. The number of nitro groups is 1. The van der Waals surface area contributed by atoms with E-state index in [1.807, 2.05) is 22.6 Å². The van der Waals surface area contributed by atoms with Gasteiger partial charge in [-0.25, -0.2) is 0 Å². The van der Waals surface area contributed by atoms with Gasteiger partial charge in [0.25, 0.3) is 11.6 Å². The molecule has 21 heavy (non-hydrogen) atoms. The Bertz CT molecular complexity index is 736. The number of anilines is 1. The molecule has 0 saturated carbocycles. The van der Waals surface area contributed by atoms with E-state index in [0.29, 0.717) is 0 Å². The fourth-order valence-electron chi connectivity index (χ4n) is 1.60. The Morgan fingerprint density at radius 1 is 1.29 bits per heavy atom. The van der Waals surface area contributed by atoms with Gasteiger partial charge in [0.1, 0.15) is 5.75 Å². The second-order valence-electron chi connectivity index (χ2n) is 4.04. The lowest BCUT2D eigenvalue weighted by molar-refractivity contribution is -0.384. The Kier molecular flexibility index (Phi) is 4.63. The molecule has 0 aromatic heterocycles. The third kappa shape index (κ3) is 3.61. The number of phenolic OH excluding ortho intramolecular Hbond substituents is 1. The molecule has 2 N–H and O–H groups in total. The minimum atomic E-state index is -0.580. The summed E-state index contributed by atoms with van der Waals surface area (Å²) in [4.78, 5) is 22.1. The van der Waals surface area contributed by atoms with Gasteiger partial charge in [-0.1, -0.05) is 11.6 Å². The van der Waals surface area contributed by atoms with Crippen molar-refractivity contribution in [1.29, 1.82) is 0 Å². The summed E-state index contributed by atoms with van der Waals surface area (Å²) in [5.74, 6) is -0.715. The highest BCUT2D eigenvalue weighted by molar-refractivity contribution is 14.1. The first-order valence-electron chi connectivity index (χ1n) is 5.62. The van der Waals surface area contributed by atoms with E-state index < -0.39 is 10.8 Å². The molecule has 0 unspecified atom stereocenters. The molecule has 1 amide bonds. The zero-order valence-electron chi connectivity index (χ0n) is 10.3. The van der Waals surface area contributed by atoms with Crippen molar-refractivity contribution in [3.05, 3.63) is 60.7 Å². The molecule has 0 heterocycles. The lowest BCUT2D eigenvalue weighted by Crippen LogP contribution is -2.12. The molecular formula is C13H8ClIN2O4. The predicted molar refractivity (Wildman–Crippen MR) is 86.9 cm³/mol. The number of benzene rings is 2. The lowest BCUT2D eigenvalue weighted by atomic mass is 10.2. The van der Waals surface area contributed by atoms with Gasteiger partial charge in [-0.05, 0) is 46.9 Å². The van der Waals surface area contributed by atoms with Crippen LogP contribution in [0.15, 0.2) is 36.4 Å². The first kappa shape index (κ1) is 15.5. The fraction of sp³-hybridized carbons (Fsp3) is 0. The Labute approximate surface area is 138 Å². The molecule has 6 nitrogen and oxygen atoms in total. The normalized spacial score (nSPS) is 10.2. The summed E-state index contributed by atoms with van der Waals surface area (Å²) in [6, 6.07) is 8.30. The topological polar surface area (TPSA) is 92.5 Å². The quantitative estimate of drug-likeness (QED) is 0.450. The first-order chi connectivity index (χ1) is 9.88. The minimum absolute atomic E-state index is 0.0441. The van der Waals surface area contributed by atoms with E-state index in [-0.39, 0.29) is 27.7 Å². The Morgan fingerprint density at radius 3 is 2.62 bits per heavy atom. The van der Waals surface area contributed by atoms with Crippen LogP contribution in [0.2, 0.25) is 5.02 Å². The van der Waals surface area contributed by atoms with Gasteiger partial charge in [0.2, 0.25) is 0 Å². The summed E-state index contributed by atoms with van der Waals surface area (Å²) in [6.07, 6.45) is 0. The number of phenols is 1. The van der Waals surface area contributed by atoms with E-state index >= 15 is 0 Å². The number of hydrogen-bond donors (Lipinski definition) is 2. The zero-order valence-corrected chi connectivity index (χ0v) is 13.3. The summed E-state index contributed by atoms with van der Waals surface area (Å²) in [6.45, 7) is 0. The van der Waals surface area contributed by atoms with E-state index in [2.05, 4.69) is 5.32 Å². The molecule has 108 valence electrons. The standard InChI is InChI=1S/C13H8ClIN2O4/c14-10-6-8(17(20)21)2-3-11(10)16-13(19)9-5-7(15)1-4-12(9)18/h1-6,18H,(H,16,19). The summed E-state index contributed by atoms with van der Waals surface area (Å²) in [7, 11) is 0. The van der Waals surface area contributed by atoms with E-state index in [0.717, 1.165) is 9.64 Å². The van der Waals surface area contributed by atoms with Crippen molar-refractivity contribution in [2.45, 2.75) is 0 Å². The SMILES string of the molecule is O=C(Nc1ccc([N+](=O)[O-])cc1Cl)c1cc(I)ccc1O. The largest absolute Gasteiger partial charge is 0.507 e. The molecule has 8 heteroatoms. The Hall–Kier alpha value is -1.87. The summed E-state index contributed by atoms with van der Waals surface area (Å²) < 4.78 is 0.783. The van der Waals surface area contributed by atoms with Gasteiger partial charge in [-0.3, -0.25) is 14.9 Å². The Morgan fingerprint density at radius 2 is 2.00 bits per heavy atom. The molecule has 0 aliphatic rings. The average molecular weight is 419 g/mol. The molecule has 0 bridgehead atoms. The van der Waals surface area contributed by atoms with Gasteiger partial charge in [-0.15, -0.1) is 0 Å². The van der Waals surface area contributed by atoms with Crippen LogP contribution in [0, 0.1) is 13.7 Å². The first-order valence-corrected chi connectivity index (χ1v) is 7.08. The zero-order chi connectivity index (χ0) is 15.6. The van der Waals surface area contributed by atoms with Crippen LogP contribution < -0.4 is 5.32 Å². The van der Waals surface area contributed by atoms with Crippen molar-refractivity contribution < 1.29 is 14.8 Å². The third-order valence-electron chi connectivity index (χ3n) is 2.61. The third-order valence-corrected chi connectivity index (χ3v) is 3.60. The van der Waals surface area contributed by atoms with Crippen LogP contribution in [-0.4, -0.2) is 15.9 Å². The van der Waals surface area contributed by atoms with Crippen molar-refractivity contribution in [1.82, 2.24) is 0 Å². The van der Waals surface area contributed by atoms with Gasteiger partial charge in [0.05, 0.1) is 21.2 Å². The van der Waals surface area contributed by atoms with Crippen molar-refractivity contribution in [3.8, 4) is 5.75 Å². The van der Waals surface area contributed by atoms with Crippen LogP contribution in [0.25, 0.3) is 0 Å². The van der Waals surface area contributed by atoms with Crippen molar-refractivity contribution in [3.63, 3.8) is 0 Å². The molecule has 0 saturated heterocycles. The summed E-state index contributed by atoms with van der Waals surface area (Å²) >= 11 is 7.91. The number of hydrogen-bond acceptors (Lipinski definition) is 4. The number of amides is 1. The molecule has 0 aliphatic carbocycles. The average Bonchev–Trinajstić information content (AvgIpc) is 2.43. The number of nitrogens with one attached hydrogen (secondary N) is 1. The number of non-ortho nitro benzene ring substituents is 1. The molecule has 0 spiro atoms. The second-order valence-corrected chi connectivity index (χ2v) is 5.69. The number of nitrogens with zero attached hydrogens (tertiary/aromatic N) is 1. The number of rotatable bonds is 3. The van der Waals surface area contributed by atoms with E-state index in [9.17, 15) is 20.0 Å². The van der Waals surface area contributed by atoms with Gasteiger partial charge in [0.15, 0.2) is 0 Å². The van der Waals surface area contributed by atoms with Crippen LogP contribution in [0.1, 0.15) is 10.4 Å². The molecule has 2 rings (SSSR count). The smallest absolute Gasteiger partial charge is 0.271 e. The van der Waals surface area contributed by atoms with Crippen molar-refractivity contribution in [2.75, 3.05) is 5.32 Å². The summed E-state index contributed by atoms with van der Waals surface area (Å²) in [5.41, 5.74) is 0.150. The molecule has 0 radical (unpaired) electrons. The number of aromatic hydroxyl groups is 1. The maximum atomic E-state index is 12.1. The fourth-order valence-corrected chi connectivity index (χ4v) is 2.31. The predicted octanol–water partition coefficient (Wildman–Crippen LogP) is 3.81. The van der Waals surface area contributed by atoms with E-state index in [4.69, 9.17) is 11.6 Å². The minimum Gasteiger partial charge on any atom is -0.507 e. The maximum absolute atomic E-state index is 12.1. The van der Waals surface area contributed by atoms with Crippen molar-refractivity contribution in [2.24, 2.45) is 0 Å². The molecule has 0 fully saturated rings. The van der Waals surface area contributed by atoms with Gasteiger partial charge in [0, 0.05) is 15.7 Å².